The lowest BCUT2D eigenvalue weighted by Gasteiger charge is -2.33. The smallest absolute Gasteiger partial charge is 0.240 e. The van der Waals surface area contributed by atoms with Gasteiger partial charge in [0.2, 0.25) is 15.9 Å². The number of benzene rings is 1. The van der Waals surface area contributed by atoms with Gasteiger partial charge in [-0.15, -0.1) is 0 Å². The topological polar surface area (TPSA) is 90.5 Å². The summed E-state index contributed by atoms with van der Waals surface area (Å²) in [6.07, 6.45) is 0. The van der Waals surface area contributed by atoms with Gasteiger partial charge in [0, 0.05) is 31.4 Å². The third-order valence-electron chi connectivity index (χ3n) is 4.02. The number of nitrogens with zero attached hydrogens (tertiary/aromatic N) is 1. The second-order valence-electron chi connectivity index (χ2n) is 5.76. The molecule has 23 heavy (non-hydrogen) atoms. The molecule has 2 rings (SSSR count). The molecule has 1 aromatic rings. The summed E-state index contributed by atoms with van der Waals surface area (Å²) in [5.41, 5.74) is 1.12. The first kappa shape index (κ1) is 17.9. The largest absolute Gasteiger partial charge is 0.325 e. The van der Waals surface area contributed by atoms with E-state index in [0.29, 0.717) is 23.8 Å². The van der Waals surface area contributed by atoms with Crippen molar-refractivity contribution < 1.29 is 13.2 Å². The summed E-state index contributed by atoms with van der Waals surface area (Å²) in [5.74, 6) is -0.143. The maximum absolute atomic E-state index is 12.2. The maximum atomic E-state index is 12.2. The Morgan fingerprint density at radius 2 is 2.17 bits per heavy atom. The molecule has 3 N–H and O–H groups in total. The minimum absolute atomic E-state index is 0.143. The standard InChI is InChI=1S/C15H24N4O3S/c1-11-4-5-13(8-14(11)23(21,22)16-3)18-15(20)10-19-7-6-17-9-12(19)2/h4-5,8,12,16-17H,6-7,9-10H2,1-3H3,(H,18,20)/t12-/m0/s1. The lowest BCUT2D eigenvalue weighted by molar-refractivity contribution is -0.118. The highest BCUT2D eigenvalue weighted by atomic mass is 32.2. The Balaban J connectivity index is 2.08. The maximum Gasteiger partial charge on any atom is 0.240 e. The molecule has 0 spiro atoms. The first-order valence-electron chi connectivity index (χ1n) is 7.62. The Labute approximate surface area is 137 Å². The summed E-state index contributed by atoms with van der Waals surface area (Å²) < 4.78 is 26.3. The second-order valence-corrected chi connectivity index (χ2v) is 7.61. The normalized spacial score (nSPS) is 19.5. The molecule has 1 atom stereocenters. The number of sulfonamides is 1. The molecule has 1 fully saturated rings. The molecule has 0 unspecified atom stereocenters. The average molecular weight is 340 g/mol. The van der Waals surface area contributed by atoms with Crippen molar-refractivity contribution in [3.63, 3.8) is 0 Å². The average Bonchev–Trinajstić information content (AvgIpc) is 2.51. The third kappa shape index (κ3) is 4.51. The summed E-state index contributed by atoms with van der Waals surface area (Å²) >= 11 is 0. The molecule has 0 saturated carbocycles. The molecule has 1 aromatic carbocycles. The molecule has 1 aliphatic heterocycles. The molecule has 1 amide bonds. The third-order valence-corrected chi connectivity index (χ3v) is 5.57. The summed E-state index contributed by atoms with van der Waals surface area (Å²) in [5, 5.41) is 6.06. The van der Waals surface area contributed by atoms with Crippen LogP contribution in [-0.4, -0.2) is 58.5 Å². The number of hydrogen-bond donors (Lipinski definition) is 3. The highest BCUT2D eigenvalue weighted by Gasteiger charge is 2.21. The zero-order valence-corrected chi connectivity index (χ0v) is 14.5. The van der Waals surface area contributed by atoms with Gasteiger partial charge in [-0.2, -0.15) is 0 Å². The first-order chi connectivity index (χ1) is 10.8. The zero-order valence-electron chi connectivity index (χ0n) is 13.7. The molecule has 128 valence electrons. The molecular weight excluding hydrogens is 316 g/mol. The van der Waals surface area contributed by atoms with Crippen LogP contribution in [0.5, 0.6) is 0 Å². The highest BCUT2D eigenvalue weighted by molar-refractivity contribution is 7.89. The van der Waals surface area contributed by atoms with E-state index < -0.39 is 10.0 Å². The zero-order chi connectivity index (χ0) is 17.0. The van der Waals surface area contributed by atoms with Crippen molar-refractivity contribution in [3.8, 4) is 0 Å². The second kappa shape index (κ2) is 7.39. The first-order valence-corrected chi connectivity index (χ1v) is 9.10. The predicted octanol–water partition coefficient (Wildman–Crippen LogP) is 0.135. The van der Waals surface area contributed by atoms with Crippen LogP contribution in [0, 0.1) is 6.92 Å². The number of nitrogens with one attached hydrogen (secondary N) is 3. The molecular formula is C15H24N4O3S. The minimum Gasteiger partial charge on any atom is -0.325 e. The van der Waals surface area contributed by atoms with Crippen LogP contribution in [0.4, 0.5) is 5.69 Å². The fourth-order valence-corrected chi connectivity index (χ4v) is 3.57. The molecule has 0 aliphatic carbocycles. The van der Waals surface area contributed by atoms with Gasteiger partial charge in [0.05, 0.1) is 11.4 Å². The van der Waals surface area contributed by atoms with Crippen molar-refractivity contribution in [2.75, 3.05) is 38.5 Å². The van der Waals surface area contributed by atoms with Gasteiger partial charge in [-0.25, -0.2) is 13.1 Å². The lowest BCUT2D eigenvalue weighted by atomic mass is 10.2. The van der Waals surface area contributed by atoms with E-state index in [1.807, 2.05) is 0 Å². The van der Waals surface area contributed by atoms with E-state index in [9.17, 15) is 13.2 Å². The molecule has 0 aromatic heterocycles. The molecule has 7 nitrogen and oxygen atoms in total. The van der Waals surface area contributed by atoms with Crippen LogP contribution in [0.15, 0.2) is 23.1 Å². The van der Waals surface area contributed by atoms with E-state index in [4.69, 9.17) is 0 Å². The van der Waals surface area contributed by atoms with Crippen LogP contribution in [0.25, 0.3) is 0 Å². The molecule has 1 saturated heterocycles. The fourth-order valence-electron chi connectivity index (χ4n) is 2.58. The summed E-state index contributed by atoms with van der Waals surface area (Å²) in [7, 11) is -2.18. The van der Waals surface area contributed by atoms with E-state index in [1.54, 1.807) is 19.1 Å². The van der Waals surface area contributed by atoms with Crippen LogP contribution < -0.4 is 15.4 Å². The van der Waals surface area contributed by atoms with Crippen LogP contribution in [0.2, 0.25) is 0 Å². The Morgan fingerprint density at radius 3 is 2.83 bits per heavy atom. The van der Waals surface area contributed by atoms with Crippen molar-refractivity contribution in [1.29, 1.82) is 0 Å². The molecule has 1 heterocycles. The monoisotopic (exact) mass is 340 g/mol. The van der Waals surface area contributed by atoms with Crippen molar-refractivity contribution in [1.82, 2.24) is 14.9 Å². The van der Waals surface area contributed by atoms with Gasteiger partial charge in [-0.05, 0) is 38.6 Å². The van der Waals surface area contributed by atoms with E-state index >= 15 is 0 Å². The van der Waals surface area contributed by atoms with Crippen molar-refractivity contribution in [2.24, 2.45) is 0 Å². The Hall–Kier alpha value is -1.48. The highest BCUT2D eigenvalue weighted by Crippen LogP contribution is 2.20. The van der Waals surface area contributed by atoms with Crippen molar-refractivity contribution >= 4 is 21.6 Å². The van der Waals surface area contributed by atoms with Crippen molar-refractivity contribution in [2.45, 2.75) is 24.8 Å². The number of rotatable bonds is 5. The summed E-state index contributed by atoms with van der Waals surface area (Å²) in [6, 6.07) is 5.18. The number of anilines is 1. The fraction of sp³-hybridized carbons (Fsp3) is 0.533. The summed E-state index contributed by atoms with van der Waals surface area (Å²) in [4.78, 5) is 14.5. The van der Waals surface area contributed by atoms with Gasteiger partial charge in [-0.3, -0.25) is 9.69 Å². The van der Waals surface area contributed by atoms with E-state index in [-0.39, 0.29) is 10.8 Å². The number of carbonyl (C=O) groups excluding carboxylic acids is 1. The molecule has 8 heteroatoms. The van der Waals surface area contributed by atoms with Gasteiger partial charge < -0.3 is 10.6 Å². The van der Waals surface area contributed by atoms with E-state index in [1.165, 1.54) is 13.1 Å². The van der Waals surface area contributed by atoms with E-state index in [2.05, 4.69) is 27.2 Å². The van der Waals surface area contributed by atoms with Crippen molar-refractivity contribution in [3.05, 3.63) is 23.8 Å². The molecule has 1 aliphatic rings. The lowest BCUT2D eigenvalue weighted by Crippen LogP contribution is -2.51. The Bertz CT molecular complexity index is 675. The number of aryl methyl sites for hydroxylation is 1. The number of hydrogen-bond acceptors (Lipinski definition) is 5. The van der Waals surface area contributed by atoms with Crippen LogP contribution in [-0.2, 0) is 14.8 Å². The SMILES string of the molecule is CNS(=O)(=O)c1cc(NC(=O)CN2CCNC[C@@H]2C)ccc1C. The predicted molar refractivity (Wildman–Crippen MR) is 90.0 cm³/mol. The molecule has 0 radical (unpaired) electrons. The Kier molecular flexibility index (Phi) is 5.74. The van der Waals surface area contributed by atoms with Gasteiger partial charge in [0.1, 0.15) is 0 Å². The summed E-state index contributed by atoms with van der Waals surface area (Å²) in [6.45, 7) is 6.64. The number of amides is 1. The van der Waals surface area contributed by atoms with E-state index in [0.717, 1.165) is 19.6 Å². The van der Waals surface area contributed by atoms with Crippen LogP contribution in [0.3, 0.4) is 0 Å². The van der Waals surface area contributed by atoms with Gasteiger partial charge in [-0.1, -0.05) is 6.07 Å². The van der Waals surface area contributed by atoms with Crippen LogP contribution >= 0.6 is 0 Å². The number of carbonyl (C=O) groups is 1. The van der Waals surface area contributed by atoms with Crippen LogP contribution in [0.1, 0.15) is 12.5 Å². The van der Waals surface area contributed by atoms with Gasteiger partial charge in [0.25, 0.3) is 0 Å². The minimum atomic E-state index is -3.54. The quantitative estimate of drug-likeness (QED) is 0.709. The van der Waals surface area contributed by atoms with Gasteiger partial charge in [0.15, 0.2) is 0 Å². The van der Waals surface area contributed by atoms with Gasteiger partial charge >= 0.3 is 0 Å². The Morgan fingerprint density at radius 1 is 1.43 bits per heavy atom. The number of piperazine rings is 1. The molecule has 0 bridgehead atoms.